The van der Waals surface area contributed by atoms with Crippen LogP contribution in [0, 0.1) is 0 Å². The van der Waals surface area contributed by atoms with Gasteiger partial charge in [-0.05, 0) is 38.5 Å². The van der Waals surface area contributed by atoms with Crippen molar-refractivity contribution < 1.29 is 8.42 Å². The minimum Gasteiger partial charge on any atom is -0.311 e. The summed E-state index contributed by atoms with van der Waals surface area (Å²) in [5.74, 6) is 0. The average molecular weight is 286 g/mol. The van der Waals surface area contributed by atoms with Gasteiger partial charge in [-0.2, -0.15) is 0 Å². The van der Waals surface area contributed by atoms with E-state index in [1.165, 1.54) is 19.3 Å². The Bertz CT molecular complexity index is 405. The second-order valence-electron chi connectivity index (χ2n) is 6.58. The second-order valence-corrected chi connectivity index (χ2v) is 8.86. The number of fused-ring (bicyclic) bond motifs is 2. The molecule has 2 bridgehead atoms. The molecule has 1 saturated carbocycles. The van der Waals surface area contributed by atoms with Crippen molar-refractivity contribution in [1.82, 2.24) is 9.62 Å². The summed E-state index contributed by atoms with van der Waals surface area (Å²) in [5, 5.41) is 3.47. The van der Waals surface area contributed by atoms with Crippen LogP contribution in [0.15, 0.2) is 0 Å². The summed E-state index contributed by atoms with van der Waals surface area (Å²) in [6.07, 6.45) is 9.53. The Morgan fingerprint density at radius 3 is 2.11 bits per heavy atom. The third-order valence-corrected chi connectivity index (χ3v) is 7.75. The van der Waals surface area contributed by atoms with E-state index in [0.717, 1.165) is 38.5 Å². The molecule has 3 fully saturated rings. The van der Waals surface area contributed by atoms with Crippen LogP contribution in [0.1, 0.15) is 57.8 Å². The Labute approximate surface area is 117 Å². The van der Waals surface area contributed by atoms with E-state index in [4.69, 9.17) is 0 Å². The van der Waals surface area contributed by atoms with Crippen LogP contribution < -0.4 is 5.32 Å². The highest BCUT2D eigenvalue weighted by molar-refractivity contribution is 7.89. The Morgan fingerprint density at radius 1 is 0.947 bits per heavy atom. The van der Waals surface area contributed by atoms with Crippen LogP contribution in [0.2, 0.25) is 0 Å². The van der Waals surface area contributed by atoms with Crippen LogP contribution in [0.3, 0.4) is 0 Å². The van der Waals surface area contributed by atoms with Crippen molar-refractivity contribution in [1.29, 1.82) is 0 Å². The van der Waals surface area contributed by atoms with Gasteiger partial charge in [-0.25, -0.2) is 12.7 Å². The van der Waals surface area contributed by atoms with Crippen LogP contribution in [0.25, 0.3) is 0 Å². The minimum atomic E-state index is -3.08. The standard InChI is InChI=1S/C14H26N2O2S/c1-16(13-9-11-7-8-12(10-13)15-11)19(17,18)14-5-3-2-4-6-14/h11-15H,2-10H2,1H3. The third kappa shape index (κ3) is 2.69. The number of piperidine rings is 1. The molecule has 2 saturated heterocycles. The highest BCUT2D eigenvalue weighted by Gasteiger charge is 2.40. The molecule has 3 rings (SSSR count). The fourth-order valence-electron chi connectivity index (χ4n) is 4.13. The lowest BCUT2D eigenvalue weighted by Crippen LogP contribution is -2.50. The lowest BCUT2D eigenvalue weighted by atomic mass is 10.0. The number of hydrogen-bond acceptors (Lipinski definition) is 3. The molecule has 0 aromatic carbocycles. The van der Waals surface area contributed by atoms with Gasteiger partial charge in [0.15, 0.2) is 0 Å². The predicted octanol–water partition coefficient (Wildman–Crippen LogP) is 1.86. The fraction of sp³-hybridized carbons (Fsp3) is 1.00. The lowest BCUT2D eigenvalue weighted by molar-refractivity contribution is 0.248. The molecule has 0 aromatic rings. The van der Waals surface area contributed by atoms with Crippen LogP contribution in [-0.2, 0) is 10.0 Å². The number of nitrogens with one attached hydrogen (secondary N) is 1. The van der Waals surface area contributed by atoms with Gasteiger partial charge in [0.2, 0.25) is 10.0 Å². The van der Waals surface area contributed by atoms with Gasteiger partial charge in [0, 0.05) is 25.2 Å². The summed E-state index contributed by atoms with van der Waals surface area (Å²) in [7, 11) is -1.26. The molecule has 0 spiro atoms. The van der Waals surface area contributed by atoms with Gasteiger partial charge in [-0.1, -0.05) is 19.3 Å². The summed E-state index contributed by atoms with van der Waals surface area (Å²) in [5.41, 5.74) is 0. The quantitative estimate of drug-likeness (QED) is 0.861. The number of nitrogens with zero attached hydrogens (tertiary/aromatic N) is 1. The molecule has 2 heterocycles. The second kappa shape index (κ2) is 5.34. The Morgan fingerprint density at radius 2 is 1.53 bits per heavy atom. The molecule has 3 aliphatic rings. The molecule has 2 atom stereocenters. The van der Waals surface area contributed by atoms with E-state index in [-0.39, 0.29) is 11.3 Å². The summed E-state index contributed by atoms with van der Waals surface area (Å²) in [6.45, 7) is 0. The predicted molar refractivity (Wildman–Crippen MR) is 76.5 cm³/mol. The van der Waals surface area contributed by atoms with E-state index < -0.39 is 10.0 Å². The van der Waals surface area contributed by atoms with E-state index in [1.54, 1.807) is 4.31 Å². The Kier molecular flexibility index (Phi) is 3.89. The summed E-state index contributed by atoms with van der Waals surface area (Å²) in [4.78, 5) is 0. The summed E-state index contributed by atoms with van der Waals surface area (Å²) < 4.78 is 27.2. The average Bonchev–Trinajstić information content (AvgIpc) is 2.77. The van der Waals surface area contributed by atoms with Crippen LogP contribution in [0.5, 0.6) is 0 Å². The highest BCUT2D eigenvalue weighted by Crippen LogP contribution is 2.33. The maximum absolute atomic E-state index is 12.7. The van der Waals surface area contributed by atoms with E-state index in [2.05, 4.69) is 5.32 Å². The third-order valence-electron chi connectivity index (χ3n) is 5.34. The first kappa shape index (κ1) is 13.8. The van der Waals surface area contributed by atoms with Crippen molar-refractivity contribution in [2.45, 2.75) is 81.2 Å². The molecule has 1 aliphatic carbocycles. The van der Waals surface area contributed by atoms with Gasteiger partial charge in [-0.3, -0.25) is 0 Å². The van der Waals surface area contributed by atoms with Gasteiger partial charge >= 0.3 is 0 Å². The zero-order valence-electron chi connectivity index (χ0n) is 11.8. The van der Waals surface area contributed by atoms with Crippen molar-refractivity contribution in [3.05, 3.63) is 0 Å². The largest absolute Gasteiger partial charge is 0.311 e. The topological polar surface area (TPSA) is 49.4 Å². The summed E-state index contributed by atoms with van der Waals surface area (Å²) in [6, 6.07) is 1.33. The smallest absolute Gasteiger partial charge is 0.216 e. The van der Waals surface area contributed by atoms with E-state index in [1.807, 2.05) is 7.05 Å². The fourth-order valence-corrected chi connectivity index (χ4v) is 6.12. The highest BCUT2D eigenvalue weighted by atomic mass is 32.2. The molecule has 4 nitrogen and oxygen atoms in total. The molecule has 0 amide bonds. The molecule has 110 valence electrons. The molecule has 2 aliphatic heterocycles. The first-order chi connectivity index (χ1) is 9.07. The minimum absolute atomic E-state index is 0.112. The lowest BCUT2D eigenvalue weighted by Gasteiger charge is -2.37. The number of sulfonamides is 1. The van der Waals surface area contributed by atoms with Crippen molar-refractivity contribution >= 4 is 10.0 Å². The van der Waals surface area contributed by atoms with Crippen molar-refractivity contribution in [2.75, 3.05) is 7.05 Å². The van der Waals surface area contributed by atoms with Gasteiger partial charge in [0.05, 0.1) is 5.25 Å². The van der Waals surface area contributed by atoms with Crippen LogP contribution in [-0.4, -0.2) is 43.1 Å². The van der Waals surface area contributed by atoms with Gasteiger partial charge in [0.1, 0.15) is 0 Å². The first-order valence-corrected chi connectivity index (χ1v) is 9.30. The molecular formula is C14H26N2O2S. The Hall–Kier alpha value is -0.130. The maximum Gasteiger partial charge on any atom is 0.216 e. The number of hydrogen-bond donors (Lipinski definition) is 1. The van der Waals surface area contributed by atoms with Crippen LogP contribution in [0.4, 0.5) is 0 Å². The zero-order valence-corrected chi connectivity index (χ0v) is 12.7. The molecule has 1 N–H and O–H groups in total. The Balaban J connectivity index is 1.69. The van der Waals surface area contributed by atoms with Crippen molar-refractivity contribution in [3.8, 4) is 0 Å². The molecule has 5 heteroatoms. The van der Waals surface area contributed by atoms with E-state index in [9.17, 15) is 8.42 Å². The van der Waals surface area contributed by atoms with E-state index >= 15 is 0 Å². The molecular weight excluding hydrogens is 260 g/mol. The SMILES string of the molecule is CN(C1CC2CCC(C1)N2)S(=O)(=O)C1CCCCC1. The van der Waals surface area contributed by atoms with Crippen molar-refractivity contribution in [3.63, 3.8) is 0 Å². The summed E-state index contributed by atoms with van der Waals surface area (Å²) >= 11 is 0. The van der Waals surface area contributed by atoms with Gasteiger partial charge in [0.25, 0.3) is 0 Å². The zero-order chi connectivity index (χ0) is 13.5. The first-order valence-electron chi connectivity index (χ1n) is 7.80. The normalized spacial score (nSPS) is 36.8. The number of rotatable bonds is 3. The maximum atomic E-state index is 12.7. The van der Waals surface area contributed by atoms with Crippen LogP contribution >= 0.6 is 0 Å². The molecule has 0 aromatic heterocycles. The monoisotopic (exact) mass is 286 g/mol. The van der Waals surface area contributed by atoms with Gasteiger partial charge in [-0.15, -0.1) is 0 Å². The molecule has 19 heavy (non-hydrogen) atoms. The van der Waals surface area contributed by atoms with Gasteiger partial charge < -0.3 is 5.32 Å². The van der Waals surface area contributed by atoms with Crippen molar-refractivity contribution in [2.24, 2.45) is 0 Å². The van der Waals surface area contributed by atoms with E-state index in [0.29, 0.717) is 12.1 Å². The molecule has 0 radical (unpaired) electrons. The molecule has 2 unspecified atom stereocenters.